The Labute approximate surface area is 142 Å². The van der Waals surface area contributed by atoms with Gasteiger partial charge in [-0.2, -0.15) is 0 Å². The highest BCUT2D eigenvalue weighted by Gasteiger charge is 2.14. The Balaban J connectivity index is 3.53. The van der Waals surface area contributed by atoms with Gasteiger partial charge in [-0.1, -0.05) is 105 Å². The summed E-state index contributed by atoms with van der Waals surface area (Å²) in [4.78, 5) is 0. The molecular weight excluding hydrogens is 266 g/mol. The highest BCUT2D eigenvalue weighted by molar-refractivity contribution is 4.66. The molecule has 1 heteroatoms. The van der Waals surface area contributed by atoms with Crippen molar-refractivity contribution in [2.24, 2.45) is 11.8 Å². The SMILES string of the molecule is CCCCCCCCCC(CC)C(C)CCCCCNCC. The molecule has 0 aromatic carbocycles. The van der Waals surface area contributed by atoms with Crippen LogP contribution in [0.3, 0.4) is 0 Å². The average molecular weight is 312 g/mol. The van der Waals surface area contributed by atoms with E-state index in [1.54, 1.807) is 0 Å². The predicted octanol–water partition coefficient (Wildman–Crippen LogP) is 6.96. The maximum absolute atomic E-state index is 3.42. The van der Waals surface area contributed by atoms with Gasteiger partial charge in [0.05, 0.1) is 0 Å². The minimum Gasteiger partial charge on any atom is -0.317 e. The number of rotatable bonds is 17. The third-order valence-corrected chi connectivity index (χ3v) is 5.27. The standard InChI is InChI=1S/C21H45N/c1-5-8-9-10-11-12-15-18-21(6-2)20(4)17-14-13-16-19-22-7-3/h20-22H,5-19H2,1-4H3. The van der Waals surface area contributed by atoms with Crippen molar-refractivity contribution in [2.75, 3.05) is 13.1 Å². The lowest BCUT2D eigenvalue weighted by Gasteiger charge is -2.22. The number of nitrogens with one attached hydrogen (secondary N) is 1. The summed E-state index contributed by atoms with van der Waals surface area (Å²) in [5, 5.41) is 3.42. The molecule has 22 heavy (non-hydrogen) atoms. The van der Waals surface area contributed by atoms with Crippen LogP contribution in [0.1, 0.15) is 111 Å². The fourth-order valence-corrected chi connectivity index (χ4v) is 3.56. The maximum atomic E-state index is 3.42. The molecular formula is C21H45N. The molecule has 1 N–H and O–H groups in total. The van der Waals surface area contributed by atoms with E-state index in [4.69, 9.17) is 0 Å². The minimum absolute atomic E-state index is 0.934. The first-order valence-electron chi connectivity index (χ1n) is 10.5. The first-order chi connectivity index (χ1) is 10.8. The zero-order valence-electron chi connectivity index (χ0n) is 16.3. The van der Waals surface area contributed by atoms with Crippen LogP contribution in [-0.4, -0.2) is 13.1 Å². The van der Waals surface area contributed by atoms with Crippen molar-refractivity contribution in [2.45, 2.75) is 111 Å². The largest absolute Gasteiger partial charge is 0.317 e. The van der Waals surface area contributed by atoms with Gasteiger partial charge in [-0.05, 0) is 31.3 Å². The molecule has 2 atom stereocenters. The summed E-state index contributed by atoms with van der Waals surface area (Å²) in [6.45, 7) is 11.7. The van der Waals surface area contributed by atoms with Gasteiger partial charge in [0.2, 0.25) is 0 Å². The van der Waals surface area contributed by atoms with E-state index in [1.807, 2.05) is 0 Å². The first-order valence-corrected chi connectivity index (χ1v) is 10.5. The summed E-state index contributed by atoms with van der Waals surface area (Å²) < 4.78 is 0. The smallest absolute Gasteiger partial charge is 0.00490 e. The van der Waals surface area contributed by atoms with E-state index in [1.165, 1.54) is 90.0 Å². The van der Waals surface area contributed by atoms with Gasteiger partial charge >= 0.3 is 0 Å². The predicted molar refractivity (Wildman–Crippen MR) is 103 cm³/mol. The van der Waals surface area contributed by atoms with Crippen molar-refractivity contribution in [1.82, 2.24) is 5.32 Å². The summed E-state index contributed by atoms with van der Waals surface area (Å²) >= 11 is 0. The third kappa shape index (κ3) is 13.6. The van der Waals surface area contributed by atoms with E-state index in [2.05, 4.69) is 33.0 Å². The molecule has 0 heterocycles. The normalized spacial score (nSPS) is 14.2. The Morgan fingerprint density at radius 1 is 0.682 bits per heavy atom. The van der Waals surface area contributed by atoms with E-state index in [0.717, 1.165) is 18.4 Å². The zero-order valence-corrected chi connectivity index (χ0v) is 16.3. The molecule has 0 saturated carbocycles. The van der Waals surface area contributed by atoms with Crippen molar-refractivity contribution in [3.05, 3.63) is 0 Å². The molecule has 0 fully saturated rings. The highest BCUT2D eigenvalue weighted by Crippen LogP contribution is 2.27. The Bertz CT molecular complexity index is 202. The molecule has 0 aromatic heterocycles. The molecule has 0 amide bonds. The Morgan fingerprint density at radius 2 is 1.27 bits per heavy atom. The molecule has 134 valence electrons. The fourth-order valence-electron chi connectivity index (χ4n) is 3.56. The van der Waals surface area contributed by atoms with Crippen LogP contribution in [0.4, 0.5) is 0 Å². The van der Waals surface area contributed by atoms with Gasteiger partial charge in [0.1, 0.15) is 0 Å². The van der Waals surface area contributed by atoms with Gasteiger partial charge in [-0.15, -0.1) is 0 Å². The molecule has 1 nitrogen and oxygen atoms in total. The van der Waals surface area contributed by atoms with Gasteiger partial charge in [0.15, 0.2) is 0 Å². The molecule has 0 aliphatic carbocycles. The Hall–Kier alpha value is -0.0400. The van der Waals surface area contributed by atoms with Crippen molar-refractivity contribution in [3.63, 3.8) is 0 Å². The minimum atomic E-state index is 0.934. The Morgan fingerprint density at radius 3 is 1.91 bits per heavy atom. The average Bonchev–Trinajstić information content (AvgIpc) is 2.53. The Kier molecular flexibility index (Phi) is 17.3. The third-order valence-electron chi connectivity index (χ3n) is 5.27. The number of hydrogen-bond acceptors (Lipinski definition) is 1. The molecule has 0 bridgehead atoms. The van der Waals surface area contributed by atoms with E-state index >= 15 is 0 Å². The molecule has 0 aliphatic heterocycles. The van der Waals surface area contributed by atoms with Crippen molar-refractivity contribution in [1.29, 1.82) is 0 Å². The first kappa shape index (κ1) is 22.0. The summed E-state index contributed by atoms with van der Waals surface area (Å²) in [7, 11) is 0. The monoisotopic (exact) mass is 311 g/mol. The highest BCUT2D eigenvalue weighted by atomic mass is 14.8. The second-order valence-electron chi connectivity index (χ2n) is 7.26. The lowest BCUT2D eigenvalue weighted by atomic mass is 9.83. The summed E-state index contributed by atoms with van der Waals surface area (Å²) in [6, 6.07) is 0. The lowest BCUT2D eigenvalue weighted by molar-refractivity contribution is 0.291. The second-order valence-corrected chi connectivity index (χ2v) is 7.26. The van der Waals surface area contributed by atoms with Crippen LogP contribution in [0.15, 0.2) is 0 Å². The van der Waals surface area contributed by atoms with Gasteiger partial charge in [-0.3, -0.25) is 0 Å². The molecule has 0 saturated heterocycles. The van der Waals surface area contributed by atoms with Crippen LogP contribution < -0.4 is 5.32 Å². The van der Waals surface area contributed by atoms with Gasteiger partial charge in [0, 0.05) is 0 Å². The van der Waals surface area contributed by atoms with E-state index in [0.29, 0.717) is 0 Å². The number of unbranched alkanes of at least 4 members (excludes halogenated alkanes) is 8. The van der Waals surface area contributed by atoms with Crippen molar-refractivity contribution >= 4 is 0 Å². The summed E-state index contributed by atoms with van der Waals surface area (Å²) in [5.74, 6) is 1.91. The van der Waals surface area contributed by atoms with E-state index in [-0.39, 0.29) is 0 Å². The van der Waals surface area contributed by atoms with Gasteiger partial charge < -0.3 is 5.32 Å². The topological polar surface area (TPSA) is 12.0 Å². The lowest BCUT2D eigenvalue weighted by Crippen LogP contribution is -2.14. The van der Waals surface area contributed by atoms with Crippen LogP contribution >= 0.6 is 0 Å². The van der Waals surface area contributed by atoms with E-state index < -0.39 is 0 Å². The van der Waals surface area contributed by atoms with Crippen LogP contribution in [-0.2, 0) is 0 Å². The van der Waals surface area contributed by atoms with Crippen LogP contribution in [0.5, 0.6) is 0 Å². The van der Waals surface area contributed by atoms with Crippen molar-refractivity contribution in [3.8, 4) is 0 Å². The van der Waals surface area contributed by atoms with Gasteiger partial charge in [0.25, 0.3) is 0 Å². The van der Waals surface area contributed by atoms with E-state index in [9.17, 15) is 0 Å². The molecule has 0 aromatic rings. The quantitative estimate of drug-likeness (QED) is 0.286. The molecule has 0 spiro atoms. The second kappa shape index (κ2) is 17.3. The summed E-state index contributed by atoms with van der Waals surface area (Å²) in [6.07, 6.45) is 18.6. The molecule has 2 unspecified atom stereocenters. The van der Waals surface area contributed by atoms with Crippen LogP contribution in [0.2, 0.25) is 0 Å². The van der Waals surface area contributed by atoms with Gasteiger partial charge in [-0.25, -0.2) is 0 Å². The molecule has 0 rings (SSSR count). The molecule has 0 radical (unpaired) electrons. The zero-order chi connectivity index (χ0) is 16.5. The number of hydrogen-bond donors (Lipinski definition) is 1. The van der Waals surface area contributed by atoms with Crippen molar-refractivity contribution < 1.29 is 0 Å². The van der Waals surface area contributed by atoms with Crippen LogP contribution in [0.25, 0.3) is 0 Å². The maximum Gasteiger partial charge on any atom is -0.00490 e. The van der Waals surface area contributed by atoms with Crippen LogP contribution in [0, 0.1) is 11.8 Å². The summed E-state index contributed by atoms with van der Waals surface area (Å²) in [5.41, 5.74) is 0. The molecule has 0 aliphatic rings. The fraction of sp³-hybridized carbons (Fsp3) is 1.00.